The molecule has 0 aliphatic carbocycles. The molecule has 1 aliphatic rings. The maximum absolute atomic E-state index is 13.2. The summed E-state index contributed by atoms with van der Waals surface area (Å²) in [6, 6.07) is 7.29. The second kappa shape index (κ2) is 7.66. The zero-order valence-corrected chi connectivity index (χ0v) is 14.8. The average molecular weight is 383 g/mol. The third-order valence-corrected chi connectivity index (χ3v) is 4.72. The lowest BCUT2D eigenvalue weighted by Crippen LogP contribution is -2.27. The molecule has 2 heterocycles. The second-order valence-corrected chi connectivity index (χ2v) is 6.76. The van der Waals surface area contributed by atoms with Crippen LogP contribution in [0.1, 0.15) is 47.3 Å². The van der Waals surface area contributed by atoms with Crippen LogP contribution in [-0.2, 0) is 6.18 Å². The van der Waals surface area contributed by atoms with Crippen LogP contribution in [-0.4, -0.2) is 23.9 Å². The number of aromatic nitrogens is 1. The van der Waals surface area contributed by atoms with Crippen LogP contribution in [0.5, 0.6) is 0 Å². The van der Waals surface area contributed by atoms with E-state index in [0.717, 1.165) is 37.9 Å². The van der Waals surface area contributed by atoms with Crippen LogP contribution < -0.4 is 4.90 Å². The molecule has 0 atom stereocenters. The van der Waals surface area contributed by atoms with Gasteiger partial charge in [-0.3, -0.25) is 4.79 Å². The van der Waals surface area contributed by atoms with Gasteiger partial charge in [0.2, 0.25) is 5.78 Å². The first-order chi connectivity index (χ1) is 12.4. The molecular weight excluding hydrogens is 365 g/mol. The van der Waals surface area contributed by atoms with Gasteiger partial charge in [0.05, 0.1) is 11.3 Å². The first kappa shape index (κ1) is 18.7. The molecule has 1 saturated heterocycles. The number of carbonyl (C=O) groups excluding carboxylic acids is 1. The number of ketones is 1. The van der Waals surface area contributed by atoms with Gasteiger partial charge >= 0.3 is 6.18 Å². The van der Waals surface area contributed by atoms with Gasteiger partial charge in [-0.05, 0) is 43.2 Å². The minimum atomic E-state index is -4.50. The summed E-state index contributed by atoms with van der Waals surface area (Å²) in [6.07, 6.45) is 0.0439. The highest BCUT2D eigenvalue weighted by atomic mass is 35.5. The third kappa shape index (κ3) is 4.18. The Balaban J connectivity index is 2.05. The quantitative estimate of drug-likeness (QED) is 0.669. The molecule has 1 aromatic heterocycles. The molecule has 0 radical (unpaired) electrons. The Morgan fingerprint density at radius 1 is 1.04 bits per heavy atom. The molecule has 138 valence electrons. The molecule has 1 fully saturated rings. The second-order valence-electron chi connectivity index (χ2n) is 6.33. The van der Waals surface area contributed by atoms with Crippen molar-refractivity contribution in [1.82, 2.24) is 4.98 Å². The van der Waals surface area contributed by atoms with E-state index >= 15 is 0 Å². The number of anilines is 1. The molecule has 7 heteroatoms. The smallest absolute Gasteiger partial charge is 0.370 e. The van der Waals surface area contributed by atoms with E-state index in [1.54, 1.807) is 24.3 Å². The minimum Gasteiger partial charge on any atom is -0.370 e. The molecule has 0 bridgehead atoms. The van der Waals surface area contributed by atoms with Gasteiger partial charge in [-0.2, -0.15) is 13.2 Å². The summed E-state index contributed by atoms with van der Waals surface area (Å²) in [6.45, 7) is 1.23. The van der Waals surface area contributed by atoms with Crippen molar-refractivity contribution in [3.8, 4) is 0 Å². The molecule has 0 unspecified atom stereocenters. The Morgan fingerprint density at radius 2 is 1.65 bits per heavy atom. The lowest BCUT2D eigenvalue weighted by molar-refractivity contribution is -0.137. The van der Waals surface area contributed by atoms with Crippen LogP contribution in [0.15, 0.2) is 36.5 Å². The number of rotatable bonds is 3. The number of benzene rings is 1. The Hall–Kier alpha value is -2.08. The van der Waals surface area contributed by atoms with E-state index in [0.29, 0.717) is 23.7 Å². The SMILES string of the molecule is O=C(c1ccc(Cl)cc1)c1ncc(C(F)(F)F)cc1N1CCCCCC1. The number of carbonyl (C=O) groups is 1. The molecule has 1 aromatic carbocycles. The van der Waals surface area contributed by atoms with Gasteiger partial charge in [0.1, 0.15) is 5.69 Å². The molecule has 0 N–H and O–H groups in total. The van der Waals surface area contributed by atoms with Crippen LogP contribution in [0.4, 0.5) is 18.9 Å². The summed E-state index contributed by atoms with van der Waals surface area (Å²) >= 11 is 5.84. The van der Waals surface area contributed by atoms with Gasteiger partial charge in [-0.25, -0.2) is 4.98 Å². The van der Waals surface area contributed by atoms with Crippen molar-refractivity contribution in [2.75, 3.05) is 18.0 Å². The topological polar surface area (TPSA) is 33.2 Å². The Kier molecular flexibility index (Phi) is 5.51. The molecule has 0 saturated carbocycles. The van der Waals surface area contributed by atoms with Crippen molar-refractivity contribution in [3.05, 3.63) is 58.4 Å². The standard InChI is InChI=1S/C19H18ClF3N2O/c20-15-7-5-13(6-8-15)18(26)17-16(25-9-3-1-2-4-10-25)11-14(12-24-17)19(21,22)23/h5-8,11-12H,1-4,9-10H2. The van der Waals surface area contributed by atoms with Gasteiger partial charge in [-0.15, -0.1) is 0 Å². The van der Waals surface area contributed by atoms with Gasteiger partial charge in [-0.1, -0.05) is 24.4 Å². The fourth-order valence-corrected chi connectivity index (χ4v) is 3.20. The number of alkyl halides is 3. The largest absolute Gasteiger partial charge is 0.417 e. The summed E-state index contributed by atoms with van der Waals surface area (Å²) in [5.41, 5.74) is -0.203. The van der Waals surface area contributed by atoms with Crippen molar-refractivity contribution < 1.29 is 18.0 Å². The fourth-order valence-electron chi connectivity index (χ4n) is 3.07. The summed E-state index contributed by atoms with van der Waals surface area (Å²) < 4.78 is 39.5. The molecule has 1 aliphatic heterocycles. The van der Waals surface area contributed by atoms with Gasteiger partial charge in [0, 0.05) is 29.9 Å². The summed E-state index contributed by atoms with van der Waals surface area (Å²) in [7, 11) is 0. The van der Waals surface area contributed by atoms with E-state index < -0.39 is 17.5 Å². The first-order valence-electron chi connectivity index (χ1n) is 8.49. The molecule has 0 spiro atoms. The number of pyridine rings is 1. The Bertz CT molecular complexity index is 782. The molecule has 2 aromatic rings. The van der Waals surface area contributed by atoms with Crippen LogP contribution in [0.25, 0.3) is 0 Å². The summed E-state index contributed by atoms with van der Waals surface area (Å²) in [5.74, 6) is -0.408. The Labute approximate surface area is 154 Å². The summed E-state index contributed by atoms with van der Waals surface area (Å²) in [4.78, 5) is 18.6. The number of hydrogen-bond donors (Lipinski definition) is 0. The van der Waals surface area contributed by atoms with Crippen molar-refractivity contribution >= 4 is 23.1 Å². The van der Waals surface area contributed by atoms with Crippen LogP contribution >= 0.6 is 11.6 Å². The molecule has 3 nitrogen and oxygen atoms in total. The maximum Gasteiger partial charge on any atom is 0.417 e. The van der Waals surface area contributed by atoms with E-state index in [-0.39, 0.29) is 11.4 Å². The predicted octanol–water partition coefficient (Wildman–Crippen LogP) is 5.37. The summed E-state index contributed by atoms with van der Waals surface area (Å²) in [5, 5.41) is 0.481. The van der Waals surface area contributed by atoms with Crippen molar-refractivity contribution in [1.29, 1.82) is 0 Å². The lowest BCUT2D eigenvalue weighted by atomic mass is 10.0. The van der Waals surface area contributed by atoms with E-state index in [4.69, 9.17) is 11.6 Å². The van der Waals surface area contributed by atoms with Crippen molar-refractivity contribution in [2.45, 2.75) is 31.9 Å². The first-order valence-corrected chi connectivity index (χ1v) is 8.86. The third-order valence-electron chi connectivity index (χ3n) is 4.46. The zero-order chi connectivity index (χ0) is 18.7. The molecular formula is C19H18ClF3N2O. The maximum atomic E-state index is 13.2. The normalized spacial score (nSPS) is 15.6. The van der Waals surface area contributed by atoms with E-state index in [9.17, 15) is 18.0 Å². The van der Waals surface area contributed by atoms with E-state index in [1.807, 2.05) is 4.90 Å². The van der Waals surface area contributed by atoms with Crippen molar-refractivity contribution in [2.24, 2.45) is 0 Å². The lowest BCUT2D eigenvalue weighted by Gasteiger charge is -2.25. The van der Waals surface area contributed by atoms with E-state index in [2.05, 4.69) is 4.98 Å². The van der Waals surface area contributed by atoms with Crippen molar-refractivity contribution in [3.63, 3.8) is 0 Å². The van der Waals surface area contributed by atoms with Crippen LogP contribution in [0, 0.1) is 0 Å². The monoisotopic (exact) mass is 382 g/mol. The highest BCUT2D eigenvalue weighted by Crippen LogP contribution is 2.34. The molecule has 3 rings (SSSR count). The minimum absolute atomic E-state index is 0.0437. The predicted molar refractivity (Wildman–Crippen MR) is 94.8 cm³/mol. The zero-order valence-electron chi connectivity index (χ0n) is 14.0. The van der Waals surface area contributed by atoms with Crippen LogP contribution in [0.3, 0.4) is 0 Å². The van der Waals surface area contributed by atoms with Gasteiger partial charge in [0.25, 0.3) is 0 Å². The van der Waals surface area contributed by atoms with Gasteiger partial charge in [0.15, 0.2) is 0 Å². The van der Waals surface area contributed by atoms with E-state index in [1.165, 1.54) is 0 Å². The number of halogens is 4. The molecule has 0 amide bonds. The van der Waals surface area contributed by atoms with Crippen LogP contribution in [0.2, 0.25) is 5.02 Å². The van der Waals surface area contributed by atoms with Gasteiger partial charge < -0.3 is 4.90 Å². The highest BCUT2D eigenvalue weighted by Gasteiger charge is 2.33. The number of hydrogen-bond acceptors (Lipinski definition) is 3. The fraction of sp³-hybridized carbons (Fsp3) is 0.368. The molecule has 26 heavy (non-hydrogen) atoms. The number of nitrogens with zero attached hydrogens (tertiary/aromatic N) is 2. The Morgan fingerprint density at radius 3 is 2.23 bits per heavy atom. The average Bonchev–Trinajstić information content (AvgIpc) is 2.90. The highest BCUT2D eigenvalue weighted by molar-refractivity contribution is 6.30.